The van der Waals surface area contributed by atoms with Crippen LogP contribution in [0.25, 0.3) is 6.08 Å². The van der Waals surface area contributed by atoms with Crippen molar-refractivity contribution in [1.82, 2.24) is 5.32 Å². The third kappa shape index (κ3) is 5.49. The van der Waals surface area contributed by atoms with Gasteiger partial charge in [0.2, 0.25) is 5.75 Å². The number of benzene rings is 3. The average molecular weight is 573 g/mol. The van der Waals surface area contributed by atoms with E-state index in [1.54, 1.807) is 0 Å². The number of hydrogen-bond acceptors (Lipinski definition) is 9. The zero-order chi connectivity index (χ0) is 28.4. The number of methoxy groups -OCH3 is 1. The number of nitrogens with zero attached hydrogens (tertiary/aromatic N) is 3. The van der Waals surface area contributed by atoms with Crippen LogP contribution in [0.15, 0.2) is 60.2 Å². The van der Waals surface area contributed by atoms with Gasteiger partial charge in [-0.05, 0) is 48.0 Å². The van der Waals surface area contributed by atoms with Crippen molar-refractivity contribution in [2.75, 3.05) is 12.0 Å². The fourth-order valence-corrected chi connectivity index (χ4v) is 3.80. The van der Waals surface area contributed by atoms with Crippen molar-refractivity contribution in [2.24, 2.45) is 0 Å². The van der Waals surface area contributed by atoms with Gasteiger partial charge in [0.1, 0.15) is 5.57 Å². The largest absolute Gasteiger partial charge is 0.493 e. The summed E-state index contributed by atoms with van der Waals surface area (Å²) in [4.78, 5) is 59.5. The molecule has 1 aliphatic rings. The Morgan fingerprint density at radius 1 is 0.872 bits per heavy atom. The van der Waals surface area contributed by atoms with Gasteiger partial charge in [-0.15, -0.1) is 0 Å². The van der Waals surface area contributed by atoms with Crippen molar-refractivity contribution in [3.05, 3.63) is 96.0 Å². The topological polar surface area (TPSA) is 171 Å². The van der Waals surface area contributed by atoms with E-state index < -0.39 is 39.1 Å². The molecule has 4 amide bonds. The maximum atomic E-state index is 13.1. The Balaban J connectivity index is 1.67. The highest BCUT2D eigenvalue weighted by Gasteiger charge is 2.37. The number of non-ortho nitro benzene ring substituents is 1. The second-order valence-corrected chi connectivity index (χ2v) is 8.55. The minimum absolute atomic E-state index is 0.00337. The van der Waals surface area contributed by atoms with E-state index >= 15 is 0 Å². The normalized spacial score (nSPS) is 14.3. The molecule has 1 N–H and O–H groups in total. The molecule has 15 heteroatoms. The summed E-state index contributed by atoms with van der Waals surface area (Å²) < 4.78 is 10.9. The number of nitro benzene ring substituents is 2. The Morgan fingerprint density at radius 2 is 1.59 bits per heavy atom. The van der Waals surface area contributed by atoms with Gasteiger partial charge in [-0.25, -0.2) is 9.69 Å². The zero-order valence-corrected chi connectivity index (χ0v) is 21.1. The molecule has 0 radical (unpaired) electrons. The Hall–Kier alpha value is -5.01. The number of nitrogens with one attached hydrogen (secondary N) is 1. The number of halogens is 2. The second-order valence-electron chi connectivity index (χ2n) is 7.73. The summed E-state index contributed by atoms with van der Waals surface area (Å²) in [5, 5.41) is 24.8. The minimum Gasteiger partial charge on any atom is -0.493 e. The molecule has 1 aliphatic heterocycles. The van der Waals surface area contributed by atoms with Gasteiger partial charge in [0.05, 0.1) is 38.8 Å². The van der Waals surface area contributed by atoms with E-state index in [-0.39, 0.29) is 44.1 Å². The van der Waals surface area contributed by atoms with Crippen LogP contribution in [0.5, 0.6) is 17.2 Å². The summed E-state index contributed by atoms with van der Waals surface area (Å²) in [6.45, 7) is 0. The Labute approximate surface area is 228 Å². The fourth-order valence-electron chi connectivity index (χ4n) is 3.51. The maximum absolute atomic E-state index is 13.1. The molecule has 3 aromatic carbocycles. The summed E-state index contributed by atoms with van der Waals surface area (Å²) >= 11 is 11.9. The van der Waals surface area contributed by atoms with E-state index in [1.165, 1.54) is 49.6 Å². The fraction of sp³-hybridized carbons (Fsp3) is 0.0417. The summed E-state index contributed by atoms with van der Waals surface area (Å²) in [7, 11) is 1.28. The number of hydrogen-bond donors (Lipinski definition) is 1. The summed E-state index contributed by atoms with van der Waals surface area (Å²) in [5.41, 5.74) is -1.17. The van der Waals surface area contributed by atoms with Gasteiger partial charge in [0.25, 0.3) is 17.5 Å². The third-order valence-electron chi connectivity index (χ3n) is 5.33. The molecule has 3 aromatic rings. The molecule has 0 bridgehead atoms. The molecular weight excluding hydrogens is 559 g/mol. The Kier molecular flexibility index (Phi) is 7.47. The van der Waals surface area contributed by atoms with Crippen LogP contribution in [-0.4, -0.2) is 34.8 Å². The molecule has 1 fully saturated rings. The van der Waals surface area contributed by atoms with Crippen molar-refractivity contribution in [1.29, 1.82) is 0 Å². The molecule has 39 heavy (non-hydrogen) atoms. The first-order valence-corrected chi connectivity index (χ1v) is 11.4. The number of barbiturate groups is 1. The molecule has 0 unspecified atom stereocenters. The molecule has 1 saturated heterocycles. The zero-order valence-electron chi connectivity index (χ0n) is 19.5. The molecular formula is C24H14Cl2N4O9. The first-order chi connectivity index (χ1) is 18.5. The van der Waals surface area contributed by atoms with E-state index in [9.17, 15) is 34.6 Å². The van der Waals surface area contributed by atoms with Crippen LogP contribution in [0.4, 0.5) is 21.9 Å². The average Bonchev–Trinajstić information content (AvgIpc) is 2.89. The predicted molar refractivity (Wildman–Crippen MR) is 138 cm³/mol. The minimum atomic E-state index is -0.980. The Morgan fingerprint density at radius 3 is 2.23 bits per heavy atom. The number of urea groups is 1. The van der Waals surface area contributed by atoms with Gasteiger partial charge in [-0.2, -0.15) is 0 Å². The number of carbonyl (C=O) groups is 3. The quantitative estimate of drug-likeness (QED) is 0.171. The van der Waals surface area contributed by atoms with Crippen LogP contribution in [0.1, 0.15) is 5.56 Å². The van der Waals surface area contributed by atoms with Crippen molar-refractivity contribution in [2.45, 2.75) is 0 Å². The molecule has 0 spiro atoms. The van der Waals surface area contributed by atoms with E-state index in [0.717, 1.165) is 23.1 Å². The standard InChI is InChI=1S/C24H14Cl2N4O9/c1-38-21-9-12(2-6-20(21)39-19-7-4-14(29(34)35)11-18(19)30(36)37)8-15-22(31)27-24(33)28(23(15)32)13-3-5-16(25)17(26)10-13/h2-11H,1H3,(H,27,31,33)/b15-8+. The molecule has 0 aliphatic carbocycles. The highest BCUT2D eigenvalue weighted by Crippen LogP contribution is 2.39. The van der Waals surface area contributed by atoms with Crippen molar-refractivity contribution >= 4 is 64.2 Å². The van der Waals surface area contributed by atoms with Crippen LogP contribution in [-0.2, 0) is 9.59 Å². The van der Waals surface area contributed by atoms with Crippen LogP contribution in [0, 0.1) is 20.2 Å². The smallest absolute Gasteiger partial charge is 0.335 e. The van der Waals surface area contributed by atoms with E-state index in [4.69, 9.17) is 32.7 Å². The predicted octanol–water partition coefficient (Wildman–Crippen LogP) is 5.28. The summed E-state index contributed by atoms with van der Waals surface area (Å²) in [6.07, 6.45) is 1.20. The molecule has 0 atom stereocenters. The lowest BCUT2D eigenvalue weighted by Gasteiger charge is -2.26. The van der Waals surface area contributed by atoms with Gasteiger partial charge < -0.3 is 9.47 Å². The van der Waals surface area contributed by atoms with E-state index in [0.29, 0.717) is 0 Å². The van der Waals surface area contributed by atoms with E-state index in [1.807, 2.05) is 0 Å². The highest BCUT2D eigenvalue weighted by atomic mass is 35.5. The van der Waals surface area contributed by atoms with E-state index in [2.05, 4.69) is 5.32 Å². The first kappa shape index (κ1) is 27.0. The number of anilines is 1. The van der Waals surface area contributed by atoms with Crippen LogP contribution >= 0.6 is 23.2 Å². The lowest BCUT2D eigenvalue weighted by Crippen LogP contribution is -2.54. The van der Waals surface area contributed by atoms with Gasteiger partial charge in [0.15, 0.2) is 11.5 Å². The number of carbonyl (C=O) groups excluding carboxylic acids is 3. The van der Waals surface area contributed by atoms with Crippen LogP contribution in [0.2, 0.25) is 10.0 Å². The Bertz CT molecular complexity index is 1610. The molecule has 0 aromatic heterocycles. The number of ether oxygens (including phenoxy) is 2. The SMILES string of the molecule is COc1cc(/C=C2\C(=O)NC(=O)N(c3ccc(Cl)c(Cl)c3)C2=O)ccc1Oc1ccc([N+](=O)[O-])cc1[N+](=O)[O-]. The molecule has 4 rings (SSSR count). The molecule has 1 heterocycles. The summed E-state index contributed by atoms with van der Waals surface area (Å²) in [6, 6.07) is 10.1. The lowest BCUT2D eigenvalue weighted by atomic mass is 10.1. The molecule has 0 saturated carbocycles. The number of amides is 4. The van der Waals surface area contributed by atoms with Gasteiger partial charge in [-0.1, -0.05) is 29.3 Å². The highest BCUT2D eigenvalue weighted by molar-refractivity contribution is 6.43. The third-order valence-corrected chi connectivity index (χ3v) is 6.07. The van der Waals surface area contributed by atoms with Crippen molar-refractivity contribution in [3.63, 3.8) is 0 Å². The summed E-state index contributed by atoms with van der Waals surface area (Å²) in [5.74, 6) is -2.10. The first-order valence-electron chi connectivity index (χ1n) is 10.7. The number of imide groups is 2. The van der Waals surface area contributed by atoms with Gasteiger partial charge >= 0.3 is 11.7 Å². The molecule has 198 valence electrons. The maximum Gasteiger partial charge on any atom is 0.335 e. The molecule has 13 nitrogen and oxygen atoms in total. The lowest BCUT2D eigenvalue weighted by molar-refractivity contribution is -0.394. The van der Waals surface area contributed by atoms with Crippen molar-refractivity contribution < 1.29 is 33.7 Å². The monoisotopic (exact) mass is 572 g/mol. The van der Waals surface area contributed by atoms with Gasteiger partial charge in [-0.3, -0.25) is 35.1 Å². The van der Waals surface area contributed by atoms with Crippen LogP contribution < -0.4 is 19.7 Å². The van der Waals surface area contributed by atoms with Gasteiger partial charge in [0, 0.05) is 6.07 Å². The number of nitro groups is 2. The second kappa shape index (κ2) is 10.8. The van der Waals surface area contributed by atoms with Crippen molar-refractivity contribution in [3.8, 4) is 17.2 Å². The number of rotatable bonds is 7. The van der Waals surface area contributed by atoms with Crippen LogP contribution in [0.3, 0.4) is 0 Å².